The lowest BCUT2D eigenvalue weighted by atomic mass is 10.2. The summed E-state index contributed by atoms with van der Waals surface area (Å²) in [5, 5.41) is 3.23. The monoisotopic (exact) mass is 159 g/mol. The van der Waals surface area contributed by atoms with E-state index in [1.165, 1.54) is 0 Å². The second kappa shape index (κ2) is 4.04. The highest BCUT2D eigenvalue weighted by Crippen LogP contribution is 2.24. The van der Waals surface area contributed by atoms with Crippen LogP contribution in [-0.4, -0.2) is 39.5 Å². The van der Waals surface area contributed by atoms with Gasteiger partial charge < -0.3 is 14.8 Å². The first-order valence-electron chi connectivity index (χ1n) is 4.04. The van der Waals surface area contributed by atoms with Crippen LogP contribution in [0.15, 0.2) is 0 Å². The van der Waals surface area contributed by atoms with Gasteiger partial charge in [0.2, 0.25) is 0 Å². The second-order valence-corrected chi connectivity index (χ2v) is 3.01. The van der Waals surface area contributed by atoms with Gasteiger partial charge in [0.25, 0.3) is 0 Å². The molecule has 0 amide bonds. The van der Waals surface area contributed by atoms with Gasteiger partial charge >= 0.3 is 0 Å². The molecule has 0 unspecified atom stereocenters. The Morgan fingerprint density at radius 3 is 1.82 bits per heavy atom. The van der Waals surface area contributed by atoms with Crippen molar-refractivity contribution >= 4 is 0 Å². The van der Waals surface area contributed by atoms with Crippen molar-refractivity contribution in [1.82, 2.24) is 5.32 Å². The van der Waals surface area contributed by atoms with Gasteiger partial charge in [-0.3, -0.25) is 0 Å². The Bertz CT molecular complexity index is 107. The number of ether oxygens (including phenoxy) is 2. The number of rotatable bonds is 3. The summed E-state index contributed by atoms with van der Waals surface area (Å²) in [6, 6.07) is 0.560. The van der Waals surface area contributed by atoms with Crippen LogP contribution in [0.3, 0.4) is 0 Å². The molecule has 3 heteroatoms. The van der Waals surface area contributed by atoms with Crippen molar-refractivity contribution in [2.24, 2.45) is 0 Å². The van der Waals surface area contributed by atoms with Crippen LogP contribution in [0.5, 0.6) is 0 Å². The Morgan fingerprint density at radius 2 is 1.55 bits per heavy atom. The normalized spacial score (nSPS) is 37.9. The lowest BCUT2D eigenvalue weighted by Crippen LogP contribution is -2.23. The lowest BCUT2D eigenvalue weighted by molar-refractivity contribution is -0.0157. The molecule has 0 aliphatic heterocycles. The molecule has 1 fully saturated rings. The van der Waals surface area contributed by atoms with Crippen molar-refractivity contribution < 1.29 is 9.47 Å². The summed E-state index contributed by atoms with van der Waals surface area (Å²) < 4.78 is 10.6. The summed E-state index contributed by atoms with van der Waals surface area (Å²) in [5.41, 5.74) is 0. The van der Waals surface area contributed by atoms with Crippen LogP contribution in [-0.2, 0) is 9.47 Å². The van der Waals surface area contributed by atoms with Gasteiger partial charge in [-0.05, 0) is 19.9 Å². The molecular formula is C8H17NO2. The van der Waals surface area contributed by atoms with Gasteiger partial charge in [0.05, 0.1) is 12.2 Å². The van der Waals surface area contributed by atoms with Crippen molar-refractivity contribution in [2.45, 2.75) is 31.1 Å². The minimum atomic E-state index is 0.275. The number of hydrogen-bond acceptors (Lipinski definition) is 3. The molecule has 1 N–H and O–H groups in total. The molecular weight excluding hydrogens is 142 g/mol. The predicted molar refractivity (Wildman–Crippen MR) is 43.7 cm³/mol. The zero-order valence-corrected chi connectivity index (χ0v) is 7.46. The molecule has 1 saturated carbocycles. The van der Waals surface area contributed by atoms with Crippen molar-refractivity contribution in [3.8, 4) is 0 Å². The van der Waals surface area contributed by atoms with Crippen LogP contribution in [0.25, 0.3) is 0 Å². The summed E-state index contributed by atoms with van der Waals surface area (Å²) >= 11 is 0. The van der Waals surface area contributed by atoms with Crippen LogP contribution in [0.1, 0.15) is 12.8 Å². The first-order chi connectivity index (χ1) is 5.31. The van der Waals surface area contributed by atoms with E-state index in [0.717, 1.165) is 12.8 Å². The van der Waals surface area contributed by atoms with E-state index in [9.17, 15) is 0 Å². The predicted octanol–water partition coefficient (Wildman–Crippen LogP) is 0.398. The molecule has 3 nitrogen and oxygen atoms in total. The SMILES string of the molecule is CN[C@H]1C[C@H](OC)[C@H](OC)C1. The quantitative estimate of drug-likeness (QED) is 0.646. The standard InChI is InChI=1S/C8H17NO2/c1-9-6-4-7(10-2)8(5-6)11-3/h6-9H,4-5H2,1-3H3/t6-,7-,8+. The fraction of sp³-hybridized carbons (Fsp3) is 1.00. The molecule has 1 aliphatic rings. The van der Waals surface area contributed by atoms with Gasteiger partial charge in [-0.25, -0.2) is 0 Å². The van der Waals surface area contributed by atoms with Gasteiger partial charge in [-0.15, -0.1) is 0 Å². The Labute approximate surface area is 68.1 Å². The summed E-state index contributed by atoms with van der Waals surface area (Å²) in [4.78, 5) is 0. The maximum atomic E-state index is 5.28. The smallest absolute Gasteiger partial charge is 0.0848 e. The molecule has 0 bridgehead atoms. The fourth-order valence-electron chi connectivity index (χ4n) is 1.69. The van der Waals surface area contributed by atoms with E-state index in [-0.39, 0.29) is 12.2 Å². The molecule has 0 heterocycles. The molecule has 1 aliphatic carbocycles. The Kier molecular flexibility index (Phi) is 3.30. The zero-order valence-electron chi connectivity index (χ0n) is 7.46. The van der Waals surface area contributed by atoms with Gasteiger partial charge in [0.15, 0.2) is 0 Å². The third kappa shape index (κ3) is 1.92. The highest BCUT2D eigenvalue weighted by Gasteiger charge is 2.33. The van der Waals surface area contributed by atoms with Crippen LogP contribution < -0.4 is 5.32 Å². The minimum Gasteiger partial charge on any atom is -0.379 e. The zero-order chi connectivity index (χ0) is 8.27. The Hall–Kier alpha value is -0.120. The molecule has 0 aromatic carbocycles. The average Bonchev–Trinajstić information content (AvgIpc) is 2.46. The largest absolute Gasteiger partial charge is 0.379 e. The summed E-state index contributed by atoms with van der Waals surface area (Å²) in [6.07, 6.45) is 2.67. The molecule has 0 spiro atoms. The van der Waals surface area contributed by atoms with Gasteiger partial charge in [0.1, 0.15) is 0 Å². The summed E-state index contributed by atoms with van der Waals surface area (Å²) in [6.45, 7) is 0. The summed E-state index contributed by atoms with van der Waals surface area (Å²) in [5.74, 6) is 0. The first kappa shape index (κ1) is 8.97. The highest BCUT2D eigenvalue weighted by atomic mass is 16.5. The van der Waals surface area contributed by atoms with Crippen molar-refractivity contribution in [3.63, 3.8) is 0 Å². The van der Waals surface area contributed by atoms with Gasteiger partial charge in [0, 0.05) is 20.3 Å². The van der Waals surface area contributed by atoms with Gasteiger partial charge in [-0.1, -0.05) is 0 Å². The van der Waals surface area contributed by atoms with E-state index >= 15 is 0 Å². The fourth-order valence-corrected chi connectivity index (χ4v) is 1.69. The van der Waals surface area contributed by atoms with E-state index in [1.54, 1.807) is 14.2 Å². The molecule has 11 heavy (non-hydrogen) atoms. The maximum Gasteiger partial charge on any atom is 0.0848 e. The third-order valence-electron chi connectivity index (χ3n) is 2.46. The maximum absolute atomic E-state index is 5.28. The van der Waals surface area contributed by atoms with Crippen LogP contribution in [0.2, 0.25) is 0 Å². The minimum absolute atomic E-state index is 0.275. The molecule has 3 atom stereocenters. The van der Waals surface area contributed by atoms with Crippen molar-refractivity contribution in [2.75, 3.05) is 21.3 Å². The molecule has 0 aromatic rings. The Balaban J connectivity index is 2.41. The van der Waals surface area contributed by atoms with Crippen LogP contribution in [0.4, 0.5) is 0 Å². The van der Waals surface area contributed by atoms with E-state index in [2.05, 4.69) is 5.32 Å². The molecule has 0 aromatic heterocycles. The first-order valence-corrected chi connectivity index (χ1v) is 4.04. The molecule has 0 saturated heterocycles. The topological polar surface area (TPSA) is 30.5 Å². The van der Waals surface area contributed by atoms with Crippen molar-refractivity contribution in [1.29, 1.82) is 0 Å². The van der Waals surface area contributed by atoms with E-state index in [0.29, 0.717) is 6.04 Å². The average molecular weight is 159 g/mol. The van der Waals surface area contributed by atoms with E-state index in [4.69, 9.17) is 9.47 Å². The molecule has 1 rings (SSSR count). The van der Waals surface area contributed by atoms with Gasteiger partial charge in [-0.2, -0.15) is 0 Å². The van der Waals surface area contributed by atoms with Crippen molar-refractivity contribution in [3.05, 3.63) is 0 Å². The summed E-state index contributed by atoms with van der Waals surface area (Å²) in [7, 11) is 5.47. The number of nitrogens with one attached hydrogen (secondary N) is 1. The third-order valence-corrected chi connectivity index (χ3v) is 2.46. The number of hydrogen-bond donors (Lipinski definition) is 1. The second-order valence-electron chi connectivity index (χ2n) is 3.01. The Morgan fingerprint density at radius 1 is 1.09 bits per heavy atom. The van der Waals surface area contributed by atoms with Crippen LogP contribution >= 0.6 is 0 Å². The molecule has 0 radical (unpaired) electrons. The number of methoxy groups -OCH3 is 2. The highest BCUT2D eigenvalue weighted by molar-refractivity contribution is 4.88. The lowest BCUT2D eigenvalue weighted by Gasteiger charge is -2.15. The molecule has 66 valence electrons. The van der Waals surface area contributed by atoms with E-state index < -0.39 is 0 Å². The van der Waals surface area contributed by atoms with E-state index in [1.807, 2.05) is 7.05 Å². The van der Waals surface area contributed by atoms with Crippen LogP contribution in [0, 0.1) is 0 Å².